The molecule has 1 aromatic heterocycles. The van der Waals surface area contributed by atoms with Crippen molar-refractivity contribution in [1.29, 1.82) is 0 Å². The highest BCUT2D eigenvalue weighted by molar-refractivity contribution is 6.31. The van der Waals surface area contributed by atoms with Crippen molar-refractivity contribution in [2.75, 3.05) is 0 Å². The molecule has 0 saturated carbocycles. The highest BCUT2D eigenvalue weighted by Crippen LogP contribution is 2.29. The van der Waals surface area contributed by atoms with E-state index in [9.17, 15) is 4.79 Å². The number of hydrogen-bond donors (Lipinski definition) is 1. The Morgan fingerprint density at radius 3 is 2.39 bits per heavy atom. The summed E-state index contributed by atoms with van der Waals surface area (Å²) in [7, 11) is 0. The first kappa shape index (κ1) is 20.2. The van der Waals surface area contributed by atoms with Gasteiger partial charge in [0.15, 0.2) is 5.76 Å². The number of nitrogens with zero attached hydrogens (tertiary/aromatic N) is 1. The second kappa shape index (κ2) is 7.80. The molecule has 0 radical (unpaired) electrons. The molecule has 1 amide bonds. The maximum absolute atomic E-state index is 12.9. The van der Waals surface area contributed by atoms with Crippen molar-refractivity contribution in [2.45, 2.75) is 46.6 Å². The molecule has 3 aromatic rings. The van der Waals surface area contributed by atoms with Crippen molar-refractivity contribution in [3.63, 3.8) is 0 Å². The molecule has 0 atom stereocenters. The van der Waals surface area contributed by atoms with E-state index >= 15 is 0 Å². The quantitative estimate of drug-likeness (QED) is 0.602. The molecule has 0 bridgehead atoms. The number of carbonyl (C=O) groups is 1. The fourth-order valence-electron chi connectivity index (χ4n) is 3.10. The molecular weight excluding hydrogens is 372 g/mol. The van der Waals surface area contributed by atoms with Gasteiger partial charge < -0.3 is 9.84 Å². The smallest absolute Gasteiger partial charge is 0.257 e. The molecule has 146 valence electrons. The molecule has 0 aliphatic rings. The first-order chi connectivity index (χ1) is 13.2. The van der Waals surface area contributed by atoms with E-state index in [2.05, 4.69) is 43.4 Å². The third kappa shape index (κ3) is 4.12. The van der Waals surface area contributed by atoms with Crippen LogP contribution in [0.5, 0.6) is 0 Å². The minimum atomic E-state index is -0.229. The topological polar surface area (TPSA) is 55.1 Å². The molecular formula is C23H25ClN2O2. The average Bonchev–Trinajstić information content (AvgIpc) is 3.02. The van der Waals surface area contributed by atoms with Gasteiger partial charge in [0.1, 0.15) is 5.56 Å². The standard InChI is InChI=1S/C23H25ClN2O2/c1-14-7-6-8-19(24)18(14)13-25-22(27)20-15(2)26-28-21(20)16-9-11-17(12-10-16)23(3,4)5/h6-12H,13H2,1-5H3,(H,25,27). The van der Waals surface area contributed by atoms with E-state index in [-0.39, 0.29) is 11.3 Å². The van der Waals surface area contributed by atoms with Crippen LogP contribution in [0.2, 0.25) is 5.02 Å². The summed E-state index contributed by atoms with van der Waals surface area (Å²) in [5.74, 6) is 0.249. The number of hydrogen-bond acceptors (Lipinski definition) is 3. The molecule has 4 nitrogen and oxygen atoms in total. The van der Waals surface area contributed by atoms with Gasteiger partial charge in [-0.1, -0.05) is 73.9 Å². The Balaban J connectivity index is 1.85. The Hall–Kier alpha value is -2.59. The van der Waals surface area contributed by atoms with Gasteiger partial charge in [-0.25, -0.2) is 0 Å². The summed E-state index contributed by atoms with van der Waals surface area (Å²) in [4.78, 5) is 12.9. The first-order valence-electron chi connectivity index (χ1n) is 9.28. The van der Waals surface area contributed by atoms with Gasteiger partial charge in [-0.3, -0.25) is 4.79 Å². The van der Waals surface area contributed by atoms with Gasteiger partial charge in [0, 0.05) is 17.1 Å². The van der Waals surface area contributed by atoms with Crippen LogP contribution < -0.4 is 5.32 Å². The van der Waals surface area contributed by atoms with Crippen molar-refractivity contribution in [1.82, 2.24) is 10.5 Å². The summed E-state index contributed by atoms with van der Waals surface area (Å²) in [6.07, 6.45) is 0. The molecule has 1 N–H and O–H groups in total. The van der Waals surface area contributed by atoms with E-state index in [1.807, 2.05) is 37.3 Å². The highest BCUT2D eigenvalue weighted by Gasteiger charge is 2.22. The molecule has 0 saturated heterocycles. The molecule has 0 fully saturated rings. The SMILES string of the molecule is Cc1cccc(Cl)c1CNC(=O)c1c(C)noc1-c1ccc(C(C)(C)C)cc1. The molecule has 0 aliphatic heterocycles. The fourth-order valence-corrected chi connectivity index (χ4v) is 3.39. The monoisotopic (exact) mass is 396 g/mol. The van der Waals surface area contributed by atoms with Gasteiger partial charge in [-0.15, -0.1) is 0 Å². The van der Waals surface area contributed by atoms with E-state index in [4.69, 9.17) is 16.1 Å². The van der Waals surface area contributed by atoms with E-state index in [0.29, 0.717) is 28.6 Å². The van der Waals surface area contributed by atoms with E-state index < -0.39 is 0 Å². The van der Waals surface area contributed by atoms with Crippen molar-refractivity contribution in [2.24, 2.45) is 0 Å². The van der Waals surface area contributed by atoms with Gasteiger partial charge in [-0.2, -0.15) is 0 Å². The summed E-state index contributed by atoms with van der Waals surface area (Å²) in [6.45, 7) is 10.6. The van der Waals surface area contributed by atoms with Gasteiger partial charge >= 0.3 is 0 Å². The lowest BCUT2D eigenvalue weighted by atomic mass is 9.86. The largest absolute Gasteiger partial charge is 0.355 e. The van der Waals surface area contributed by atoms with Crippen LogP contribution in [0, 0.1) is 13.8 Å². The zero-order valence-electron chi connectivity index (χ0n) is 16.9. The lowest BCUT2D eigenvalue weighted by Gasteiger charge is -2.19. The number of amides is 1. The third-order valence-corrected chi connectivity index (χ3v) is 5.24. The Kier molecular flexibility index (Phi) is 5.61. The van der Waals surface area contributed by atoms with E-state index in [0.717, 1.165) is 16.7 Å². The number of benzene rings is 2. The molecule has 1 heterocycles. The zero-order chi connectivity index (χ0) is 20.5. The minimum absolute atomic E-state index is 0.0584. The lowest BCUT2D eigenvalue weighted by Crippen LogP contribution is -2.24. The molecule has 3 rings (SSSR count). The zero-order valence-corrected chi connectivity index (χ0v) is 17.6. The first-order valence-corrected chi connectivity index (χ1v) is 9.65. The van der Waals surface area contributed by atoms with Crippen molar-refractivity contribution in [3.8, 4) is 11.3 Å². The Bertz CT molecular complexity index is 978. The molecule has 5 heteroatoms. The van der Waals surface area contributed by atoms with Crippen LogP contribution in [-0.4, -0.2) is 11.1 Å². The highest BCUT2D eigenvalue weighted by atomic mass is 35.5. The lowest BCUT2D eigenvalue weighted by molar-refractivity contribution is 0.0950. The third-order valence-electron chi connectivity index (χ3n) is 4.88. The predicted octanol–water partition coefficient (Wildman–Crippen LogP) is 5.84. The molecule has 0 aliphatic carbocycles. The number of nitrogens with one attached hydrogen (secondary N) is 1. The number of aryl methyl sites for hydroxylation is 2. The van der Waals surface area contributed by atoms with Crippen molar-refractivity contribution in [3.05, 3.63) is 75.4 Å². The molecule has 0 unspecified atom stereocenters. The van der Waals surface area contributed by atoms with Gasteiger partial charge in [0.2, 0.25) is 0 Å². The van der Waals surface area contributed by atoms with Gasteiger partial charge in [0.05, 0.1) is 5.69 Å². The maximum Gasteiger partial charge on any atom is 0.257 e. The summed E-state index contributed by atoms with van der Waals surface area (Å²) < 4.78 is 5.49. The Morgan fingerprint density at radius 1 is 1.11 bits per heavy atom. The van der Waals surface area contributed by atoms with Gasteiger partial charge in [0.25, 0.3) is 5.91 Å². The molecule has 0 spiro atoms. The van der Waals surface area contributed by atoms with Crippen LogP contribution in [0.25, 0.3) is 11.3 Å². The second-order valence-corrected chi connectivity index (χ2v) is 8.42. The predicted molar refractivity (Wildman–Crippen MR) is 113 cm³/mol. The normalized spacial score (nSPS) is 11.5. The van der Waals surface area contributed by atoms with Crippen LogP contribution in [0.4, 0.5) is 0 Å². The number of rotatable bonds is 4. The summed E-state index contributed by atoms with van der Waals surface area (Å²) in [5.41, 5.74) is 5.05. The molecule has 2 aromatic carbocycles. The fraction of sp³-hybridized carbons (Fsp3) is 0.304. The minimum Gasteiger partial charge on any atom is -0.355 e. The van der Waals surface area contributed by atoms with Crippen LogP contribution in [0.15, 0.2) is 47.0 Å². The average molecular weight is 397 g/mol. The van der Waals surface area contributed by atoms with Crippen LogP contribution in [-0.2, 0) is 12.0 Å². The summed E-state index contributed by atoms with van der Waals surface area (Å²) >= 11 is 6.27. The summed E-state index contributed by atoms with van der Waals surface area (Å²) in [5, 5.41) is 7.60. The number of carbonyl (C=O) groups excluding carboxylic acids is 1. The van der Waals surface area contributed by atoms with Crippen LogP contribution in [0.3, 0.4) is 0 Å². The second-order valence-electron chi connectivity index (χ2n) is 8.02. The number of halogens is 1. The van der Waals surface area contributed by atoms with Crippen molar-refractivity contribution >= 4 is 17.5 Å². The van der Waals surface area contributed by atoms with Crippen LogP contribution in [0.1, 0.15) is 53.5 Å². The Labute approximate surface area is 170 Å². The van der Waals surface area contributed by atoms with Gasteiger partial charge in [-0.05, 0) is 42.0 Å². The molecule has 28 heavy (non-hydrogen) atoms. The summed E-state index contributed by atoms with van der Waals surface area (Å²) in [6, 6.07) is 13.7. The number of aromatic nitrogens is 1. The van der Waals surface area contributed by atoms with E-state index in [1.165, 1.54) is 5.56 Å². The Morgan fingerprint density at radius 2 is 1.79 bits per heavy atom. The van der Waals surface area contributed by atoms with Crippen molar-refractivity contribution < 1.29 is 9.32 Å². The van der Waals surface area contributed by atoms with E-state index in [1.54, 1.807) is 6.92 Å². The van der Waals surface area contributed by atoms with Crippen LogP contribution >= 0.6 is 11.6 Å². The maximum atomic E-state index is 12.9.